The van der Waals surface area contributed by atoms with Crippen molar-refractivity contribution in [3.8, 4) is 0 Å². The number of carboxylic acids is 1. The van der Waals surface area contributed by atoms with Crippen molar-refractivity contribution in [2.45, 2.75) is 30.2 Å². The molecule has 0 radical (unpaired) electrons. The molecular weight excluding hydrogens is 298 g/mol. The lowest BCUT2D eigenvalue weighted by Gasteiger charge is -2.21. The standard InChI is InChI=1S/C14H16ClNO3S/c15-10-4-1-2-6-12(10)20-9-7-13(17)16-8-3-5-11(16)14(18)19/h1-2,4,6,11H,3,5,7-9H2,(H,18,19). The second-order valence-electron chi connectivity index (χ2n) is 4.61. The lowest BCUT2D eigenvalue weighted by molar-refractivity contribution is -0.148. The highest BCUT2D eigenvalue weighted by Gasteiger charge is 2.33. The molecule has 0 saturated carbocycles. The van der Waals surface area contributed by atoms with Gasteiger partial charge in [-0.05, 0) is 25.0 Å². The molecule has 1 heterocycles. The number of carbonyl (C=O) groups is 2. The van der Waals surface area contributed by atoms with Crippen LogP contribution in [0.2, 0.25) is 5.02 Å². The van der Waals surface area contributed by atoms with Gasteiger partial charge in [0, 0.05) is 23.6 Å². The Morgan fingerprint density at radius 3 is 2.85 bits per heavy atom. The predicted octanol–water partition coefficient (Wildman–Crippen LogP) is 2.90. The Kier molecular flexibility index (Phi) is 5.31. The van der Waals surface area contributed by atoms with E-state index in [1.807, 2.05) is 24.3 Å². The third-order valence-corrected chi connectivity index (χ3v) is 4.79. The molecule has 4 nitrogen and oxygen atoms in total. The summed E-state index contributed by atoms with van der Waals surface area (Å²) in [6.45, 7) is 0.548. The minimum Gasteiger partial charge on any atom is -0.480 e. The highest BCUT2D eigenvalue weighted by Crippen LogP contribution is 2.27. The van der Waals surface area contributed by atoms with Crippen LogP contribution in [-0.4, -0.2) is 40.2 Å². The van der Waals surface area contributed by atoms with Crippen LogP contribution in [0.5, 0.6) is 0 Å². The van der Waals surface area contributed by atoms with Gasteiger partial charge in [-0.3, -0.25) is 4.79 Å². The fourth-order valence-electron chi connectivity index (χ4n) is 2.28. The third-order valence-electron chi connectivity index (χ3n) is 3.27. The topological polar surface area (TPSA) is 57.6 Å². The second kappa shape index (κ2) is 6.99. The van der Waals surface area contributed by atoms with Gasteiger partial charge in [-0.25, -0.2) is 4.79 Å². The molecule has 1 aliphatic rings. The minimum atomic E-state index is -0.908. The van der Waals surface area contributed by atoms with Crippen LogP contribution < -0.4 is 0 Å². The van der Waals surface area contributed by atoms with Crippen LogP contribution in [0.25, 0.3) is 0 Å². The SMILES string of the molecule is O=C(O)C1CCCN1C(=O)CCSc1ccccc1Cl. The van der Waals surface area contributed by atoms with Crippen LogP contribution in [-0.2, 0) is 9.59 Å². The van der Waals surface area contributed by atoms with E-state index in [-0.39, 0.29) is 5.91 Å². The van der Waals surface area contributed by atoms with Crippen molar-refractivity contribution >= 4 is 35.2 Å². The van der Waals surface area contributed by atoms with E-state index >= 15 is 0 Å². The van der Waals surface area contributed by atoms with Crippen LogP contribution in [0.1, 0.15) is 19.3 Å². The number of carboxylic acid groups (broad SMARTS) is 1. The van der Waals surface area contributed by atoms with E-state index in [9.17, 15) is 9.59 Å². The van der Waals surface area contributed by atoms with Gasteiger partial charge in [0.25, 0.3) is 0 Å². The monoisotopic (exact) mass is 313 g/mol. The molecule has 20 heavy (non-hydrogen) atoms. The zero-order valence-corrected chi connectivity index (χ0v) is 12.5. The van der Waals surface area contributed by atoms with Crippen LogP contribution in [0, 0.1) is 0 Å². The van der Waals surface area contributed by atoms with Crippen molar-refractivity contribution in [3.05, 3.63) is 29.3 Å². The molecule has 2 rings (SSSR count). The number of likely N-dealkylation sites (tertiary alicyclic amines) is 1. The summed E-state index contributed by atoms with van der Waals surface area (Å²) in [7, 11) is 0. The lowest BCUT2D eigenvalue weighted by atomic mass is 10.2. The molecule has 0 aliphatic carbocycles. The Balaban J connectivity index is 1.84. The van der Waals surface area contributed by atoms with Crippen molar-refractivity contribution in [1.29, 1.82) is 0 Å². The van der Waals surface area contributed by atoms with E-state index in [2.05, 4.69) is 0 Å². The molecule has 0 bridgehead atoms. The molecule has 108 valence electrons. The first-order valence-corrected chi connectivity index (χ1v) is 7.85. The summed E-state index contributed by atoms with van der Waals surface area (Å²) < 4.78 is 0. The van der Waals surface area contributed by atoms with Crippen LogP contribution in [0.3, 0.4) is 0 Å². The molecule has 6 heteroatoms. The number of hydrogen-bond donors (Lipinski definition) is 1. The Bertz CT molecular complexity index is 509. The van der Waals surface area contributed by atoms with Crippen LogP contribution >= 0.6 is 23.4 Å². The normalized spacial score (nSPS) is 18.2. The van der Waals surface area contributed by atoms with Crippen molar-refractivity contribution in [2.75, 3.05) is 12.3 Å². The molecule has 1 unspecified atom stereocenters. The molecule has 1 aliphatic heterocycles. The summed E-state index contributed by atoms with van der Waals surface area (Å²) in [6.07, 6.45) is 1.65. The number of rotatable bonds is 5. The van der Waals surface area contributed by atoms with Gasteiger partial charge in [-0.2, -0.15) is 0 Å². The number of carbonyl (C=O) groups excluding carboxylic acids is 1. The van der Waals surface area contributed by atoms with Gasteiger partial charge in [0.05, 0.1) is 5.02 Å². The van der Waals surface area contributed by atoms with Gasteiger partial charge in [0.15, 0.2) is 0 Å². The first kappa shape index (κ1) is 15.2. The Labute approximate surface area is 127 Å². The highest BCUT2D eigenvalue weighted by atomic mass is 35.5. The molecule has 1 aromatic rings. The fraction of sp³-hybridized carbons (Fsp3) is 0.429. The van der Waals surface area contributed by atoms with E-state index in [1.54, 1.807) is 0 Å². The quantitative estimate of drug-likeness (QED) is 0.849. The van der Waals surface area contributed by atoms with E-state index in [0.29, 0.717) is 30.2 Å². The number of benzene rings is 1. The summed E-state index contributed by atoms with van der Waals surface area (Å²) >= 11 is 7.55. The van der Waals surface area contributed by atoms with Gasteiger partial charge in [-0.1, -0.05) is 23.7 Å². The van der Waals surface area contributed by atoms with Crippen molar-refractivity contribution in [1.82, 2.24) is 4.90 Å². The van der Waals surface area contributed by atoms with Gasteiger partial charge < -0.3 is 10.0 Å². The van der Waals surface area contributed by atoms with Gasteiger partial charge in [0.1, 0.15) is 6.04 Å². The summed E-state index contributed by atoms with van der Waals surface area (Å²) in [5.41, 5.74) is 0. The van der Waals surface area contributed by atoms with E-state index < -0.39 is 12.0 Å². The second-order valence-corrected chi connectivity index (χ2v) is 6.16. The Hall–Kier alpha value is -1.20. The summed E-state index contributed by atoms with van der Waals surface area (Å²) in [6, 6.07) is 6.84. The lowest BCUT2D eigenvalue weighted by Crippen LogP contribution is -2.40. The van der Waals surface area contributed by atoms with Crippen LogP contribution in [0.4, 0.5) is 0 Å². The first-order chi connectivity index (χ1) is 9.59. The zero-order chi connectivity index (χ0) is 14.5. The molecular formula is C14H16ClNO3S. The van der Waals surface area contributed by atoms with E-state index in [1.165, 1.54) is 16.7 Å². The molecule has 1 amide bonds. The third kappa shape index (κ3) is 3.67. The van der Waals surface area contributed by atoms with Gasteiger partial charge in [0.2, 0.25) is 5.91 Å². The summed E-state index contributed by atoms with van der Waals surface area (Å²) in [5.74, 6) is -0.394. The average Bonchev–Trinajstić information content (AvgIpc) is 2.90. The average molecular weight is 314 g/mol. The first-order valence-electron chi connectivity index (χ1n) is 6.49. The van der Waals surface area contributed by atoms with E-state index in [4.69, 9.17) is 16.7 Å². The zero-order valence-electron chi connectivity index (χ0n) is 10.9. The number of thioether (sulfide) groups is 1. The number of aliphatic carboxylic acids is 1. The van der Waals surface area contributed by atoms with E-state index in [0.717, 1.165) is 11.3 Å². The Morgan fingerprint density at radius 1 is 1.40 bits per heavy atom. The number of amides is 1. The molecule has 0 aromatic heterocycles. The smallest absolute Gasteiger partial charge is 0.326 e. The molecule has 1 atom stereocenters. The molecule has 1 aromatic carbocycles. The fourth-order valence-corrected chi connectivity index (χ4v) is 3.45. The van der Waals surface area contributed by atoms with Gasteiger partial charge >= 0.3 is 5.97 Å². The largest absolute Gasteiger partial charge is 0.480 e. The predicted molar refractivity (Wildman–Crippen MR) is 79.2 cm³/mol. The van der Waals surface area contributed by atoms with Gasteiger partial charge in [-0.15, -0.1) is 11.8 Å². The molecule has 1 saturated heterocycles. The molecule has 1 N–H and O–H groups in total. The van der Waals surface area contributed by atoms with Crippen LogP contribution in [0.15, 0.2) is 29.2 Å². The summed E-state index contributed by atoms with van der Waals surface area (Å²) in [4.78, 5) is 25.5. The van der Waals surface area contributed by atoms with Crippen molar-refractivity contribution in [3.63, 3.8) is 0 Å². The maximum absolute atomic E-state index is 12.1. The maximum Gasteiger partial charge on any atom is 0.326 e. The Morgan fingerprint density at radius 2 is 2.15 bits per heavy atom. The minimum absolute atomic E-state index is 0.0885. The van der Waals surface area contributed by atoms with Crippen molar-refractivity contribution < 1.29 is 14.7 Å². The number of nitrogens with zero attached hydrogens (tertiary/aromatic N) is 1. The molecule has 0 spiro atoms. The summed E-state index contributed by atoms with van der Waals surface area (Å²) in [5, 5.41) is 9.73. The molecule has 1 fully saturated rings. The number of halogens is 1. The van der Waals surface area contributed by atoms with Crippen molar-refractivity contribution in [2.24, 2.45) is 0 Å². The number of hydrogen-bond acceptors (Lipinski definition) is 3. The highest BCUT2D eigenvalue weighted by molar-refractivity contribution is 7.99. The maximum atomic E-state index is 12.1.